The molecule has 4 aliphatic heterocycles. The quantitative estimate of drug-likeness (QED) is 0.124. The molecule has 12 rings (SSSR count). The Balaban J connectivity index is -0.000000421. The highest BCUT2D eigenvalue weighted by Gasteiger charge is 2.39. The van der Waals surface area contributed by atoms with Crippen LogP contribution in [0, 0.1) is 0 Å². The predicted octanol–water partition coefficient (Wildman–Crippen LogP) is 15.4. The molecule has 0 bridgehead atoms. The van der Waals surface area contributed by atoms with Gasteiger partial charge in [0, 0.05) is 114 Å². The molecule has 412 valence electrons. The highest BCUT2D eigenvalue weighted by molar-refractivity contribution is 8.12. The standard InChI is InChI=1S/2C11H12N2OS.2C11H12N2S2.4C2H6.4B.4FH/c1-6(2)11-13(3)7-4-8-9(10(7)15-11)12-5-14-8;1-6(2)11-13(3)8-4-7-9(10(8)15-11)14-5-12-7;1-6(2)11-13(3)9-8(15-11)4-7-10(9)14-5-12-7;1-6(2)11-13(3)10-8(15-11)4-7-9(10)12-5-14-7;4*1-2;;;;;;;;/h4*5H,4H2,1-3H3;4*1-2H3;;;;;4*1H. The summed E-state index contributed by atoms with van der Waals surface area (Å²) >= 11 is 11.0. The summed E-state index contributed by atoms with van der Waals surface area (Å²) in [4.78, 5) is 34.8. The van der Waals surface area contributed by atoms with Crippen LogP contribution in [0.15, 0.2) is 96.3 Å². The van der Waals surface area contributed by atoms with Crippen LogP contribution in [0.2, 0.25) is 0 Å². The van der Waals surface area contributed by atoms with Gasteiger partial charge in [0.1, 0.15) is 17.1 Å². The van der Waals surface area contributed by atoms with Gasteiger partial charge >= 0.3 is 0 Å². The van der Waals surface area contributed by atoms with E-state index in [0.29, 0.717) is 0 Å². The summed E-state index contributed by atoms with van der Waals surface area (Å²) in [5.74, 6) is 1.98. The maximum Gasteiger partial charge on any atom is 0.181 e. The summed E-state index contributed by atoms with van der Waals surface area (Å²) in [6, 6.07) is 0. The SMILES string of the molecule is CC.CC.CC.CC.CC(C)=C1SC2=C(Cc3ncoc32)N1C.CC(C)=C1SC2=C(Cc3ocnc32)N1C.CC(C)=C1SC2=C(c3ncsc3C2)N1C.CC(C)=C1SC2=C(c3scnc3C2)N1C.F.F.F.F.[B].[B].[B].[B]. The van der Waals surface area contributed by atoms with Gasteiger partial charge in [-0.1, -0.05) is 102 Å². The van der Waals surface area contributed by atoms with Gasteiger partial charge in [-0.2, -0.15) is 0 Å². The molecular weight excluding hydrogens is 1080 g/mol. The lowest BCUT2D eigenvalue weighted by Crippen LogP contribution is -2.12. The highest BCUT2D eigenvalue weighted by Crippen LogP contribution is 2.55. The maximum absolute atomic E-state index is 5.43. The summed E-state index contributed by atoms with van der Waals surface area (Å²) in [6.45, 7) is 33.3. The fraction of sp³-hybridized carbons (Fsp3) is 0.462. The summed E-state index contributed by atoms with van der Waals surface area (Å²) < 4.78 is 10.8. The Bertz CT molecular complexity index is 2550. The van der Waals surface area contributed by atoms with Gasteiger partial charge in [0.2, 0.25) is 0 Å². The number of oxazole rings is 2. The average molecular weight is 1160 g/mol. The van der Waals surface area contributed by atoms with Gasteiger partial charge in [-0.3, -0.25) is 18.8 Å². The molecule has 0 atom stereocenters. The van der Waals surface area contributed by atoms with Crippen LogP contribution in [0.25, 0.3) is 21.2 Å². The highest BCUT2D eigenvalue weighted by atomic mass is 32.2. The maximum atomic E-state index is 5.43. The molecule has 4 aliphatic carbocycles. The number of aromatic nitrogens is 4. The first-order valence-corrected chi connectivity index (χ1v) is 28.8. The molecule has 4 aromatic rings. The van der Waals surface area contributed by atoms with Crippen molar-refractivity contribution in [2.24, 2.45) is 0 Å². The number of thiazole rings is 2. The van der Waals surface area contributed by atoms with Crippen LogP contribution in [0.4, 0.5) is 18.8 Å². The van der Waals surface area contributed by atoms with Crippen LogP contribution in [0.3, 0.4) is 0 Å². The molecule has 0 aromatic carbocycles. The lowest BCUT2D eigenvalue weighted by atomic mass is 10.3. The monoisotopic (exact) mass is 1160 g/mol. The Morgan fingerprint density at radius 1 is 0.447 bits per heavy atom. The minimum Gasteiger partial charge on any atom is -0.447 e. The fourth-order valence-corrected chi connectivity index (χ4v) is 15.0. The zero-order valence-corrected chi connectivity index (χ0v) is 52.8. The second-order valence-electron chi connectivity index (χ2n) is 16.2. The van der Waals surface area contributed by atoms with Gasteiger partial charge in [0.05, 0.1) is 68.6 Å². The van der Waals surface area contributed by atoms with E-state index in [-0.39, 0.29) is 52.5 Å². The molecule has 4 aromatic heterocycles. The van der Waals surface area contributed by atoms with Crippen LogP contribution in [-0.2, 0) is 25.7 Å². The number of rotatable bonds is 0. The van der Waals surface area contributed by atoms with Crippen LogP contribution in [0.5, 0.6) is 0 Å². The summed E-state index contributed by atoms with van der Waals surface area (Å²) in [7, 11) is 8.53. The Kier molecular flexibility index (Phi) is 36.2. The summed E-state index contributed by atoms with van der Waals surface area (Å²) in [5.41, 5.74) is 19.4. The Hall–Kier alpha value is -3.82. The van der Waals surface area contributed by atoms with E-state index >= 15 is 0 Å². The van der Waals surface area contributed by atoms with Crippen molar-refractivity contribution in [3.8, 4) is 0 Å². The molecule has 12 radical (unpaired) electrons. The number of hydrogen-bond acceptors (Lipinski definition) is 16. The third kappa shape index (κ3) is 15.3. The topological polar surface area (TPSA) is 90.8 Å². The van der Waals surface area contributed by atoms with E-state index in [1.807, 2.05) is 102 Å². The minimum absolute atomic E-state index is 0. The number of fused-ring (bicyclic) bond motifs is 8. The Morgan fingerprint density at radius 2 is 0.895 bits per heavy atom. The molecule has 76 heavy (non-hydrogen) atoms. The molecule has 0 spiro atoms. The zero-order valence-electron chi connectivity index (χ0n) is 47.9. The molecule has 10 nitrogen and oxygen atoms in total. The van der Waals surface area contributed by atoms with Gasteiger partial charge in [-0.25, -0.2) is 19.9 Å². The van der Waals surface area contributed by atoms with Gasteiger partial charge < -0.3 is 28.4 Å². The number of allylic oxidation sites excluding steroid dienone is 8. The lowest BCUT2D eigenvalue weighted by molar-refractivity contribution is 0.484. The molecule has 0 saturated heterocycles. The van der Waals surface area contributed by atoms with Crippen molar-refractivity contribution in [1.82, 2.24) is 39.5 Å². The molecule has 0 N–H and O–H groups in total. The van der Waals surface area contributed by atoms with Gasteiger partial charge in [0.25, 0.3) is 0 Å². The van der Waals surface area contributed by atoms with Crippen molar-refractivity contribution in [2.45, 2.75) is 136 Å². The van der Waals surface area contributed by atoms with Gasteiger partial charge in [-0.05, 0) is 77.7 Å². The molecule has 0 saturated carbocycles. The Labute approximate surface area is 484 Å². The molecule has 0 unspecified atom stereocenters. The van der Waals surface area contributed by atoms with E-state index in [4.69, 9.17) is 8.83 Å². The average Bonchev–Trinajstić information content (AvgIpc) is 4.15. The third-order valence-electron chi connectivity index (χ3n) is 11.0. The Morgan fingerprint density at radius 3 is 1.42 bits per heavy atom. The van der Waals surface area contributed by atoms with Gasteiger partial charge in [0.15, 0.2) is 18.5 Å². The molecule has 0 fully saturated rings. The van der Waals surface area contributed by atoms with Crippen molar-refractivity contribution >= 4 is 125 Å². The van der Waals surface area contributed by atoms with Gasteiger partial charge in [-0.15, -0.1) is 22.7 Å². The second-order valence-corrected chi connectivity index (χ2v) is 22.1. The van der Waals surface area contributed by atoms with E-state index in [1.165, 1.54) is 119 Å². The van der Waals surface area contributed by atoms with Crippen molar-refractivity contribution < 1.29 is 27.7 Å². The number of thioether (sulfide) groups is 4. The first kappa shape index (κ1) is 78.7. The number of nitrogens with zero attached hydrogens (tertiary/aromatic N) is 8. The molecular formula is C52H76B4F4N8O2S6. The largest absolute Gasteiger partial charge is 0.447 e. The number of hydrogen-bond donors (Lipinski definition) is 0. The van der Waals surface area contributed by atoms with Crippen molar-refractivity contribution in [2.75, 3.05) is 28.2 Å². The van der Waals surface area contributed by atoms with Crippen LogP contribution in [-0.4, -0.2) is 101 Å². The summed E-state index contributed by atoms with van der Waals surface area (Å²) in [5, 5.41) is 5.41. The third-order valence-corrected chi connectivity index (χ3v) is 18.7. The smallest absolute Gasteiger partial charge is 0.181 e. The van der Waals surface area contributed by atoms with Crippen LogP contribution in [0.1, 0.15) is 155 Å². The molecule has 24 heteroatoms. The van der Waals surface area contributed by atoms with E-state index in [1.54, 1.807) is 34.4 Å². The normalized spacial score (nSPS) is 15.0. The lowest BCUT2D eigenvalue weighted by Gasteiger charge is -2.17. The molecule has 8 heterocycles. The van der Waals surface area contributed by atoms with Crippen molar-refractivity contribution in [3.05, 3.63) is 131 Å². The predicted molar refractivity (Wildman–Crippen MR) is 333 cm³/mol. The minimum atomic E-state index is 0. The fourth-order valence-electron chi connectivity index (χ4n) is 8.31. The molecule has 0 amide bonds. The first-order chi connectivity index (χ1) is 32.7. The zero-order chi connectivity index (χ0) is 50.3. The second kappa shape index (κ2) is 34.9. The summed E-state index contributed by atoms with van der Waals surface area (Å²) in [6.07, 6.45) is 6.97. The van der Waals surface area contributed by atoms with E-state index in [9.17, 15) is 0 Å². The van der Waals surface area contributed by atoms with Crippen LogP contribution >= 0.6 is 69.7 Å². The van der Waals surface area contributed by atoms with E-state index in [2.05, 4.69) is 123 Å². The van der Waals surface area contributed by atoms with Crippen molar-refractivity contribution in [1.29, 1.82) is 0 Å². The van der Waals surface area contributed by atoms with E-state index in [0.717, 1.165) is 48.6 Å². The van der Waals surface area contributed by atoms with Crippen molar-refractivity contribution in [3.63, 3.8) is 0 Å². The first-order valence-electron chi connectivity index (χ1n) is 23.7. The number of halogens is 4. The molecule has 8 aliphatic rings. The van der Waals surface area contributed by atoms with Crippen LogP contribution < -0.4 is 0 Å². The van der Waals surface area contributed by atoms with E-state index < -0.39 is 0 Å². The number of likely N-dealkylation sites (N-methyl/N-ethyl adjacent to an activating group) is 2.